The summed E-state index contributed by atoms with van der Waals surface area (Å²) in [6.45, 7) is 1.93. The third-order valence-corrected chi connectivity index (χ3v) is 12.6. The van der Waals surface area contributed by atoms with Crippen molar-refractivity contribution in [3.63, 3.8) is 0 Å². The van der Waals surface area contributed by atoms with Crippen LogP contribution in [-0.4, -0.2) is 65.8 Å². The predicted octanol–water partition coefficient (Wildman–Crippen LogP) is 4.01. The second-order valence-corrected chi connectivity index (χ2v) is 14.4. The number of thiazole rings is 1. The Hall–Kier alpha value is -3.12. The molecule has 4 fully saturated rings. The quantitative estimate of drug-likeness (QED) is 0.421. The molecule has 3 aromatic rings. The van der Waals surface area contributed by atoms with Gasteiger partial charge in [0.25, 0.3) is 5.91 Å². The highest BCUT2D eigenvalue weighted by Crippen LogP contribution is 2.69. The molecule has 3 aliphatic heterocycles. The molecular formula is C31H28ClN3O6S2. The summed E-state index contributed by atoms with van der Waals surface area (Å²) in [4.78, 5) is 60.3. The molecule has 2 saturated carbocycles. The van der Waals surface area contributed by atoms with Gasteiger partial charge in [-0.3, -0.25) is 24.1 Å². The van der Waals surface area contributed by atoms with Crippen LogP contribution in [-0.2, 0) is 19.1 Å². The summed E-state index contributed by atoms with van der Waals surface area (Å²) in [5, 5.41) is 1.35. The molecule has 7 atom stereocenters. The molecule has 1 aromatic heterocycles. The van der Waals surface area contributed by atoms with Crippen molar-refractivity contribution in [2.45, 2.75) is 22.6 Å². The van der Waals surface area contributed by atoms with E-state index in [1.807, 2.05) is 24.3 Å². The number of rotatable bonds is 5. The van der Waals surface area contributed by atoms with Crippen LogP contribution >= 0.6 is 34.7 Å². The Morgan fingerprint density at radius 2 is 1.77 bits per heavy atom. The molecule has 5 aliphatic rings. The fraction of sp³-hybridized carbons (Fsp3) is 0.419. The molecule has 43 heavy (non-hydrogen) atoms. The molecule has 2 saturated heterocycles. The van der Waals surface area contributed by atoms with E-state index < -0.39 is 5.92 Å². The molecule has 2 bridgehead atoms. The van der Waals surface area contributed by atoms with Gasteiger partial charge in [-0.1, -0.05) is 41.1 Å². The predicted molar refractivity (Wildman–Crippen MR) is 162 cm³/mol. The lowest BCUT2D eigenvalue weighted by Crippen LogP contribution is -2.43. The number of nitrogens with zero attached hydrogens (tertiary/aromatic N) is 2. The Bertz CT molecular complexity index is 1690. The Labute approximate surface area is 260 Å². The number of hydrogen-bond donors (Lipinski definition) is 1. The number of carbonyl (C=O) groups excluding carboxylic acids is 3. The molecule has 12 heteroatoms. The first-order valence-corrected chi connectivity index (χ1v) is 16.6. The van der Waals surface area contributed by atoms with Crippen LogP contribution in [0.4, 0.5) is 5.69 Å². The number of aromatic nitrogens is 1. The van der Waals surface area contributed by atoms with Gasteiger partial charge in [-0.15, -0.1) is 11.8 Å². The van der Waals surface area contributed by atoms with Gasteiger partial charge in [-0.2, -0.15) is 0 Å². The minimum absolute atomic E-state index is 0.000616. The summed E-state index contributed by atoms with van der Waals surface area (Å²) < 4.78 is 11.6. The molecule has 9 nitrogen and oxygen atoms in total. The van der Waals surface area contributed by atoms with Crippen LogP contribution in [0, 0.1) is 29.6 Å². The van der Waals surface area contributed by atoms with Crippen LogP contribution in [0.1, 0.15) is 22.8 Å². The molecule has 2 aromatic carbocycles. The number of thioether (sulfide) groups is 1. The Balaban J connectivity index is 1.17. The standard InChI is InChI=1S/C31H28ClN3O6S2/c32-15-6-7-20(41-14-21(36)34-8-10-40-11-9-34)17(12-15)22-23-18-13-19(26(23)42-28-27(22)43-31(39)33-28)25-24(18)29(37)35(30(25)38)16-4-2-1-3-5-16/h1-7,12,18-19,22-26H,8-11,13-14H2,(H,33,39)/t18?,19?,22-,23?,24?,25?,26?/m1/s1. The SMILES string of the molecule is O=C(COc1ccc(Cl)cc1[C@H]1c2sc(=O)[nH]c2SC2C3CC(C4C(=O)N(c5ccccc5)C(=O)C34)C21)N1CCOCC1. The van der Waals surface area contributed by atoms with E-state index in [-0.39, 0.29) is 64.0 Å². The molecule has 6 unspecified atom stereocenters. The number of anilines is 1. The van der Waals surface area contributed by atoms with E-state index in [1.165, 1.54) is 16.2 Å². The molecule has 2 aliphatic carbocycles. The van der Waals surface area contributed by atoms with E-state index >= 15 is 0 Å². The van der Waals surface area contributed by atoms with E-state index in [0.29, 0.717) is 42.8 Å². The number of fused-ring (bicyclic) bond motifs is 9. The molecule has 3 amide bonds. The van der Waals surface area contributed by atoms with E-state index in [2.05, 4.69) is 4.98 Å². The van der Waals surface area contributed by atoms with Gasteiger partial charge in [-0.05, 0) is 54.5 Å². The topological polar surface area (TPSA) is 109 Å². The Kier molecular flexibility index (Phi) is 6.70. The maximum atomic E-state index is 14.0. The van der Waals surface area contributed by atoms with Crippen molar-refractivity contribution in [1.29, 1.82) is 0 Å². The maximum Gasteiger partial charge on any atom is 0.305 e. The van der Waals surface area contributed by atoms with Gasteiger partial charge in [-0.25, -0.2) is 0 Å². The molecule has 1 N–H and O–H groups in total. The highest BCUT2D eigenvalue weighted by molar-refractivity contribution is 8.00. The number of halogens is 1. The van der Waals surface area contributed by atoms with Crippen molar-refractivity contribution in [1.82, 2.24) is 9.88 Å². The van der Waals surface area contributed by atoms with Gasteiger partial charge in [0.05, 0.1) is 35.8 Å². The summed E-state index contributed by atoms with van der Waals surface area (Å²) >= 11 is 9.38. The summed E-state index contributed by atoms with van der Waals surface area (Å²) in [7, 11) is 0. The van der Waals surface area contributed by atoms with Crippen LogP contribution in [0.5, 0.6) is 5.75 Å². The van der Waals surface area contributed by atoms with Crippen LogP contribution < -0.4 is 14.5 Å². The first-order valence-electron chi connectivity index (χ1n) is 14.5. The molecule has 4 heterocycles. The normalized spacial score (nSPS) is 30.8. The lowest BCUT2D eigenvalue weighted by Gasteiger charge is -2.43. The maximum absolute atomic E-state index is 14.0. The fourth-order valence-electron chi connectivity index (χ4n) is 8.13. The summed E-state index contributed by atoms with van der Waals surface area (Å²) in [6, 6.07) is 14.5. The number of ether oxygens (including phenoxy) is 2. The van der Waals surface area contributed by atoms with E-state index in [4.69, 9.17) is 21.1 Å². The van der Waals surface area contributed by atoms with Crippen molar-refractivity contribution < 1.29 is 23.9 Å². The third-order valence-electron chi connectivity index (χ3n) is 9.76. The summed E-state index contributed by atoms with van der Waals surface area (Å²) in [5.41, 5.74) is 1.41. The number of nitrogens with one attached hydrogen (secondary N) is 1. The number of hydrogen-bond acceptors (Lipinski definition) is 8. The van der Waals surface area contributed by atoms with Gasteiger partial charge < -0.3 is 19.4 Å². The monoisotopic (exact) mass is 637 g/mol. The highest BCUT2D eigenvalue weighted by Gasteiger charge is 2.69. The lowest BCUT2D eigenvalue weighted by molar-refractivity contribution is -0.137. The van der Waals surface area contributed by atoms with Crippen LogP contribution in [0.15, 0.2) is 58.4 Å². The number of amides is 3. The van der Waals surface area contributed by atoms with E-state index in [9.17, 15) is 19.2 Å². The number of H-pyrrole nitrogens is 1. The van der Waals surface area contributed by atoms with Gasteiger partial charge >= 0.3 is 4.87 Å². The highest BCUT2D eigenvalue weighted by atomic mass is 35.5. The van der Waals surface area contributed by atoms with Gasteiger partial charge in [0.15, 0.2) is 6.61 Å². The second-order valence-electron chi connectivity index (χ2n) is 11.8. The van der Waals surface area contributed by atoms with Crippen LogP contribution in [0.3, 0.4) is 0 Å². The first-order chi connectivity index (χ1) is 20.9. The molecule has 8 rings (SSSR count). The molecule has 222 valence electrons. The van der Waals surface area contributed by atoms with E-state index in [0.717, 1.165) is 21.9 Å². The number of para-hydroxylation sites is 1. The first kappa shape index (κ1) is 27.4. The van der Waals surface area contributed by atoms with Crippen LogP contribution in [0.2, 0.25) is 5.02 Å². The molecule has 0 spiro atoms. The smallest absolute Gasteiger partial charge is 0.305 e. The Morgan fingerprint density at radius 3 is 2.53 bits per heavy atom. The number of morpholine rings is 1. The molecular weight excluding hydrogens is 610 g/mol. The van der Waals surface area contributed by atoms with Crippen molar-refractivity contribution in [3.05, 3.63) is 73.7 Å². The zero-order chi connectivity index (χ0) is 29.4. The molecule has 0 radical (unpaired) electrons. The van der Waals surface area contributed by atoms with Crippen molar-refractivity contribution in [3.8, 4) is 5.75 Å². The van der Waals surface area contributed by atoms with Crippen molar-refractivity contribution >= 4 is 58.1 Å². The van der Waals surface area contributed by atoms with Crippen molar-refractivity contribution in [2.75, 3.05) is 37.8 Å². The number of benzene rings is 2. The van der Waals surface area contributed by atoms with Gasteiger partial charge in [0.2, 0.25) is 11.8 Å². The zero-order valence-electron chi connectivity index (χ0n) is 22.9. The lowest BCUT2D eigenvalue weighted by atomic mass is 9.68. The summed E-state index contributed by atoms with van der Waals surface area (Å²) in [6.07, 6.45) is 0.778. The fourth-order valence-corrected chi connectivity index (χ4v) is 11.2. The van der Waals surface area contributed by atoms with Crippen LogP contribution in [0.25, 0.3) is 0 Å². The zero-order valence-corrected chi connectivity index (χ0v) is 25.3. The van der Waals surface area contributed by atoms with Gasteiger partial charge in [0.1, 0.15) is 5.75 Å². The average Bonchev–Trinajstić information content (AvgIpc) is 3.76. The second kappa shape index (κ2) is 10.5. The largest absolute Gasteiger partial charge is 0.483 e. The number of carbonyl (C=O) groups is 3. The third kappa shape index (κ3) is 4.30. The van der Waals surface area contributed by atoms with Crippen molar-refractivity contribution in [2.24, 2.45) is 29.6 Å². The van der Waals surface area contributed by atoms with E-state index in [1.54, 1.807) is 40.9 Å². The summed E-state index contributed by atoms with van der Waals surface area (Å²) in [5.74, 6) is -0.966. The average molecular weight is 638 g/mol. The minimum Gasteiger partial charge on any atom is -0.483 e. The number of aromatic amines is 1. The minimum atomic E-state index is -0.411. The number of imide groups is 1. The van der Waals surface area contributed by atoms with Gasteiger partial charge in [0, 0.05) is 39.7 Å². The Morgan fingerprint density at radius 1 is 1.02 bits per heavy atom.